The summed E-state index contributed by atoms with van der Waals surface area (Å²) in [5.41, 5.74) is 1.38. The summed E-state index contributed by atoms with van der Waals surface area (Å²) in [7, 11) is 0. The summed E-state index contributed by atoms with van der Waals surface area (Å²) in [6.07, 6.45) is 6.13. The van der Waals surface area contributed by atoms with Crippen LogP contribution < -0.4 is 5.32 Å². The highest BCUT2D eigenvalue weighted by Crippen LogP contribution is 2.20. The first kappa shape index (κ1) is 15.4. The van der Waals surface area contributed by atoms with E-state index in [1.807, 2.05) is 11.8 Å². The highest BCUT2D eigenvalue weighted by molar-refractivity contribution is 7.98. The third-order valence-electron chi connectivity index (χ3n) is 3.75. The topological polar surface area (TPSA) is 12.0 Å². The second-order valence-electron chi connectivity index (χ2n) is 5.34. The van der Waals surface area contributed by atoms with Gasteiger partial charge in [-0.1, -0.05) is 42.8 Å². The van der Waals surface area contributed by atoms with Gasteiger partial charge in [0.2, 0.25) is 0 Å². The molecule has 1 atom stereocenters. The van der Waals surface area contributed by atoms with Gasteiger partial charge in [-0.3, -0.25) is 0 Å². The molecule has 1 unspecified atom stereocenters. The molecule has 0 saturated carbocycles. The predicted molar refractivity (Wildman–Crippen MR) is 92.6 cm³/mol. The van der Waals surface area contributed by atoms with Crippen molar-refractivity contribution >= 4 is 22.5 Å². The van der Waals surface area contributed by atoms with Crippen LogP contribution in [0.4, 0.5) is 0 Å². The van der Waals surface area contributed by atoms with Crippen LogP contribution in [-0.2, 0) is 0 Å². The highest BCUT2D eigenvalue weighted by Gasteiger charge is 2.04. The van der Waals surface area contributed by atoms with Crippen molar-refractivity contribution in [1.29, 1.82) is 0 Å². The fraction of sp³-hybridized carbons (Fsp3) is 0.444. The molecule has 0 spiro atoms. The van der Waals surface area contributed by atoms with E-state index >= 15 is 0 Å². The van der Waals surface area contributed by atoms with E-state index in [2.05, 4.69) is 61.0 Å². The lowest BCUT2D eigenvalue weighted by molar-refractivity contribution is 0.545. The zero-order valence-electron chi connectivity index (χ0n) is 12.6. The van der Waals surface area contributed by atoms with Crippen LogP contribution in [0.3, 0.4) is 0 Å². The average molecular weight is 287 g/mol. The van der Waals surface area contributed by atoms with Gasteiger partial charge in [-0.05, 0) is 60.7 Å². The van der Waals surface area contributed by atoms with Gasteiger partial charge in [-0.2, -0.15) is 11.8 Å². The van der Waals surface area contributed by atoms with Crippen molar-refractivity contribution in [3.8, 4) is 0 Å². The Labute approximate surface area is 127 Å². The number of hydrogen-bond donors (Lipinski definition) is 1. The number of nitrogens with one attached hydrogen (secondary N) is 1. The van der Waals surface area contributed by atoms with Gasteiger partial charge in [0.25, 0.3) is 0 Å². The summed E-state index contributed by atoms with van der Waals surface area (Å²) < 4.78 is 0. The van der Waals surface area contributed by atoms with Gasteiger partial charge in [0.05, 0.1) is 0 Å². The van der Waals surface area contributed by atoms with Crippen LogP contribution in [0.2, 0.25) is 0 Å². The minimum atomic E-state index is 0.431. The maximum absolute atomic E-state index is 3.63. The number of benzene rings is 2. The quantitative estimate of drug-likeness (QED) is 0.684. The predicted octanol–water partition coefficient (Wildman–Crippen LogP) is 5.02. The molecular formula is C18H25NS. The lowest BCUT2D eigenvalue weighted by atomic mass is 10.0. The standard InChI is InChI=1S/C18H25NS/c1-15(19-12-6-3-7-13-20-2)17-11-10-16-8-4-5-9-18(16)14-17/h4-5,8-11,14-15,19H,3,6-7,12-13H2,1-2H3. The van der Waals surface area contributed by atoms with Crippen LogP contribution in [0, 0.1) is 0 Å². The third kappa shape index (κ3) is 4.53. The fourth-order valence-corrected chi connectivity index (χ4v) is 2.95. The molecule has 2 rings (SSSR count). The van der Waals surface area contributed by atoms with E-state index in [-0.39, 0.29) is 0 Å². The van der Waals surface area contributed by atoms with Crippen LogP contribution in [0.25, 0.3) is 10.8 Å². The Hall–Kier alpha value is -0.990. The van der Waals surface area contributed by atoms with E-state index in [1.54, 1.807) is 0 Å². The van der Waals surface area contributed by atoms with Crippen molar-refractivity contribution in [2.24, 2.45) is 0 Å². The van der Waals surface area contributed by atoms with Crippen molar-refractivity contribution < 1.29 is 0 Å². The lowest BCUT2D eigenvalue weighted by Crippen LogP contribution is -2.19. The number of hydrogen-bond acceptors (Lipinski definition) is 2. The second-order valence-corrected chi connectivity index (χ2v) is 6.32. The minimum Gasteiger partial charge on any atom is -0.310 e. The van der Waals surface area contributed by atoms with Crippen LogP contribution >= 0.6 is 11.8 Å². The van der Waals surface area contributed by atoms with Crippen molar-refractivity contribution in [2.75, 3.05) is 18.6 Å². The summed E-state index contributed by atoms with van der Waals surface area (Å²) in [6.45, 7) is 3.37. The SMILES string of the molecule is CSCCCCCNC(C)c1ccc2ccccc2c1. The van der Waals surface area contributed by atoms with E-state index in [0.717, 1.165) is 6.54 Å². The summed E-state index contributed by atoms with van der Waals surface area (Å²) in [4.78, 5) is 0. The number of thioether (sulfide) groups is 1. The van der Waals surface area contributed by atoms with Gasteiger partial charge in [0.15, 0.2) is 0 Å². The monoisotopic (exact) mass is 287 g/mol. The molecule has 2 heteroatoms. The van der Waals surface area contributed by atoms with Crippen LogP contribution in [0.5, 0.6) is 0 Å². The molecular weight excluding hydrogens is 262 g/mol. The Bertz CT molecular complexity index is 524. The van der Waals surface area contributed by atoms with Gasteiger partial charge in [-0.15, -0.1) is 0 Å². The molecule has 0 radical (unpaired) electrons. The number of rotatable bonds is 8. The van der Waals surface area contributed by atoms with E-state index < -0.39 is 0 Å². The molecule has 20 heavy (non-hydrogen) atoms. The maximum Gasteiger partial charge on any atom is 0.0292 e. The number of fused-ring (bicyclic) bond motifs is 1. The summed E-state index contributed by atoms with van der Waals surface area (Å²) >= 11 is 1.94. The van der Waals surface area contributed by atoms with Gasteiger partial charge in [0, 0.05) is 6.04 Å². The van der Waals surface area contributed by atoms with Gasteiger partial charge < -0.3 is 5.32 Å². The van der Waals surface area contributed by atoms with Crippen molar-refractivity contribution in [3.63, 3.8) is 0 Å². The van der Waals surface area contributed by atoms with Crippen molar-refractivity contribution in [2.45, 2.75) is 32.2 Å². The molecule has 0 aromatic heterocycles. The van der Waals surface area contributed by atoms with Crippen LogP contribution in [-0.4, -0.2) is 18.6 Å². The fourth-order valence-electron chi connectivity index (χ4n) is 2.46. The Morgan fingerprint density at radius 2 is 1.80 bits per heavy atom. The van der Waals surface area contributed by atoms with Gasteiger partial charge >= 0.3 is 0 Å². The average Bonchev–Trinajstić information content (AvgIpc) is 2.50. The second kappa shape index (κ2) is 8.33. The Morgan fingerprint density at radius 3 is 2.60 bits per heavy atom. The molecule has 0 bridgehead atoms. The molecule has 1 nitrogen and oxygen atoms in total. The van der Waals surface area contributed by atoms with Crippen LogP contribution in [0.15, 0.2) is 42.5 Å². The number of unbranched alkanes of at least 4 members (excludes halogenated alkanes) is 2. The molecule has 0 aliphatic heterocycles. The molecule has 0 saturated heterocycles. The minimum absolute atomic E-state index is 0.431. The lowest BCUT2D eigenvalue weighted by Gasteiger charge is -2.15. The molecule has 0 amide bonds. The van der Waals surface area contributed by atoms with E-state index in [1.165, 1.54) is 41.4 Å². The molecule has 2 aromatic rings. The van der Waals surface area contributed by atoms with E-state index in [0.29, 0.717) is 6.04 Å². The summed E-state index contributed by atoms with van der Waals surface area (Å²) in [6, 6.07) is 15.8. The van der Waals surface area contributed by atoms with Gasteiger partial charge in [0.1, 0.15) is 0 Å². The normalized spacial score (nSPS) is 12.7. The zero-order chi connectivity index (χ0) is 14.2. The Kier molecular flexibility index (Phi) is 6.41. The molecule has 0 fully saturated rings. The zero-order valence-corrected chi connectivity index (χ0v) is 13.4. The van der Waals surface area contributed by atoms with Crippen molar-refractivity contribution in [1.82, 2.24) is 5.32 Å². The third-order valence-corrected chi connectivity index (χ3v) is 4.45. The largest absolute Gasteiger partial charge is 0.310 e. The molecule has 2 aromatic carbocycles. The first-order valence-corrected chi connectivity index (χ1v) is 8.91. The first-order valence-electron chi connectivity index (χ1n) is 7.52. The molecule has 0 heterocycles. The van der Waals surface area contributed by atoms with Crippen molar-refractivity contribution in [3.05, 3.63) is 48.0 Å². The Balaban J connectivity index is 1.83. The van der Waals surface area contributed by atoms with Crippen LogP contribution in [0.1, 0.15) is 37.8 Å². The molecule has 0 aliphatic rings. The van der Waals surface area contributed by atoms with E-state index in [4.69, 9.17) is 0 Å². The molecule has 108 valence electrons. The van der Waals surface area contributed by atoms with E-state index in [9.17, 15) is 0 Å². The smallest absolute Gasteiger partial charge is 0.0292 e. The Morgan fingerprint density at radius 1 is 1.00 bits per heavy atom. The molecule has 0 aliphatic carbocycles. The highest BCUT2D eigenvalue weighted by atomic mass is 32.2. The molecule has 1 N–H and O–H groups in total. The summed E-state index contributed by atoms with van der Waals surface area (Å²) in [5, 5.41) is 6.29. The van der Waals surface area contributed by atoms with Gasteiger partial charge in [-0.25, -0.2) is 0 Å². The maximum atomic E-state index is 3.63. The summed E-state index contributed by atoms with van der Waals surface area (Å²) in [5.74, 6) is 1.29. The first-order chi connectivity index (χ1) is 9.81.